The van der Waals surface area contributed by atoms with Gasteiger partial charge >= 0.3 is 0 Å². The number of H-pyrrole nitrogens is 1. The monoisotopic (exact) mass is 378 g/mol. The first-order valence-electron chi connectivity index (χ1n) is 8.74. The number of nitrogens with one attached hydrogen (secondary N) is 2. The van der Waals surface area contributed by atoms with E-state index in [-0.39, 0.29) is 11.3 Å². The van der Waals surface area contributed by atoms with Gasteiger partial charge in [0, 0.05) is 24.2 Å². The molecule has 3 heterocycles. The average Bonchev–Trinajstić information content (AvgIpc) is 3.27. The first kappa shape index (κ1) is 17.7. The molecule has 28 heavy (non-hydrogen) atoms. The summed E-state index contributed by atoms with van der Waals surface area (Å²) in [6, 6.07) is 12.3. The summed E-state index contributed by atoms with van der Waals surface area (Å²) in [6.45, 7) is 3.50. The molecule has 1 unspecified atom stereocenters. The Morgan fingerprint density at radius 2 is 2.00 bits per heavy atom. The lowest BCUT2D eigenvalue weighted by molar-refractivity contribution is 0.0926. The van der Waals surface area contributed by atoms with Gasteiger partial charge in [-0.25, -0.2) is 14.1 Å². The van der Waals surface area contributed by atoms with Gasteiger partial charge < -0.3 is 5.32 Å². The minimum Gasteiger partial charge on any atom is -0.343 e. The number of amides is 1. The predicted octanol–water partition coefficient (Wildman–Crippen LogP) is 1.74. The Balaban J connectivity index is 1.67. The number of carbonyl (C=O) groups excluding carboxylic acids is 1. The fraction of sp³-hybridized carbons (Fsp3) is 0.211. The Hall–Kier alpha value is -3.75. The molecule has 9 nitrogen and oxygen atoms in total. The highest BCUT2D eigenvalue weighted by atomic mass is 16.6. The van der Waals surface area contributed by atoms with Gasteiger partial charge in [-0.05, 0) is 24.6 Å². The first-order chi connectivity index (χ1) is 13.5. The molecule has 0 bridgehead atoms. The van der Waals surface area contributed by atoms with Crippen molar-refractivity contribution in [2.24, 2.45) is 0 Å². The Kier molecular flexibility index (Phi) is 4.48. The third kappa shape index (κ3) is 3.41. The molecule has 4 rings (SSSR count). The quantitative estimate of drug-likeness (QED) is 0.546. The number of aromatic amines is 1. The molecular formula is C19H18N6O3. The second-order valence-electron chi connectivity index (χ2n) is 6.56. The third-order valence-corrected chi connectivity index (χ3v) is 4.42. The van der Waals surface area contributed by atoms with Crippen LogP contribution >= 0.6 is 0 Å². The normalized spacial score (nSPS) is 12.2. The second kappa shape index (κ2) is 7.10. The van der Waals surface area contributed by atoms with Crippen molar-refractivity contribution in [1.82, 2.24) is 30.2 Å². The molecule has 0 aliphatic carbocycles. The summed E-state index contributed by atoms with van der Waals surface area (Å²) in [5, 5.41) is 13.2. The van der Waals surface area contributed by atoms with Gasteiger partial charge in [-0.2, -0.15) is 0 Å². The van der Waals surface area contributed by atoms with Gasteiger partial charge in [-0.3, -0.25) is 14.7 Å². The van der Waals surface area contributed by atoms with Gasteiger partial charge in [0.15, 0.2) is 11.3 Å². The van der Waals surface area contributed by atoms with Crippen LogP contribution in [0.5, 0.6) is 0 Å². The molecule has 2 N–H and O–H groups in total. The van der Waals surface area contributed by atoms with E-state index in [9.17, 15) is 9.59 Å². The summed E-state index contributed by atoms with van der Waals surface area (Å²) in [5.74, 6) is -0.400. The molecule has 0 aliphatic heterocycles. The predicted molar refractivity (Wildman–Crippen MR) is 99.9 cm³/mol. The number of carbonyl (C=O) groups is 1. The van der Waals surface area contributed by atoms with E-state index in [1.807, 2.05) is 37.3 Å². The number of nitrogens with zero attached hydrogens (tertiary/aromatic N) is 4. The van der Waals surface area contributed by atoms with E-state index in [1.165, 1.54) is 10.6 Å². The Labute approximate surface area is 159 Å². The fourth-order valence-electron chi connectivity index (χ4n) is 3.08. The molecule has 0 fully saturated rings. The third-order valence-electron chi connectivity index (χ3n) is 4.42. The van der Waals surface area contributed by atoms with Crippen molar-refractivity contribution in [3.63, 3.8) is 0 Å². The highest BCUT2D eigenvalue weighted by molar-refractivity contribution is 5.93. The zero-order chi connectivity index (χ0) is 19.7. The maximum Gasteiger partial charge on any atom is 0.275 e. The van der Waals surface area contributed by atoms with Gasteiger partial charge in [-0.15, -0.1) is 0 Å². The molecule has 142 valence electrons. The molecule has 1 amide bonds. The van der Waals surface area contributed by atoms with Crippen LogP contribution in [0.4, 0.5) is 0 Å². The summed E-state index contributed by atoms with van der Waals surface area (Å²) in [6.07, 6.45) is 0.343. The average molecular weight is 378 g/mol. The molecule has 1 aromatic carbocycles. The van der Waals surface area contributed by atoms with E-state index in [4.69, 9.17) is 0 Å². The second-order valence-corrected chi connectivity index (χ2v) is 6.56. The van der Waals surface area contributed by atoms with Gasteiger partial charge in [0.25, 0.3) is 11.5 Å². The number of benzene rings is 1. The molecule has 3 aromatic heterocycles. The summed E-state index contributed by atoms with van der Waals surface area (Å²) in [4.78, 5) is 29.5. The van der Waals surface area contributed by atoms with Crippen LogP contribution in [0.1, 0.15) is 39.2 Å². The molecule has 0 saturated heterocycles. The molecule has 0 spiro atoms. The maximum absolute atomic E-state index is 12.6. The van der Waals surface area contributed by atoms with Gasteiger partial charge in [0.05, 0.1) is 11.7 Å². The van der Waals surface area contributed by atoms with Crippen molar-refractivity contribution in [1.29, 1.82) is 0 Å². The van der Waals surface area contributed by atoms with Crippen molar-refractivity contribution in [2.75, 3.05) is 0 Å². The van der Waals surface area contributed by atoms with Crippen molar-refractivity contribution in [2.45, 2.75) is 26.3 Å². The Morgan fingerprint density at radius 3 is 2.71 bits per heavy atom. The SMILES string of the molecule is Cc1cc2nc(CC(NC(=O)c3nonc3C)c3ccccc3)cc(=O)n2[nH]1. The minimum absolute atomic E-state index is 0.130. The van der Waals surface area contributed by atoms with Crippen molar-refractivity contribution in [3.8, 4) is 0 Å². The van der Waals surface area contributed by atoms with Crippen LogP contribution in [0.25, 0.3) is 5.65 Å². The van der Waals surface area contributed by atoms with Crippen LogP contribution in [0.3, 0.4) is 0 Å². The zero-order valence-corrected chi connectivity index (χ0v) is 15.3. The summed E-state index contributed by atoms with van der Waals surface area (Å²) < 4.78 is 6.01. The van der Waals surface area contributed by atoms with Crippen LogP contribution in [0.2, 0.25) is 0 Å². The van der Waals surface area contributed by atoms with E-state index in [1.54, 1.807) is 13.0 Å². The zero-order valence-electron chi connectivity index (χ0n) is 15.3. The molecule has 0 saturated carbocycles. The van der Waals surface area contributed by atoms with Crippen molar-refractivity contribution in [3.05, 3.63) is 81.2 Å². The number of aromatic nitrogens is 5. The van der Waals surface area contributed by atoms with Crippen LogP contribution in [-0.2, 0) is 6.42 Å². The first-order valence-corrected chi connectivity index (χ1v) is 8.74. The van der Waals surface area contributed by atoms with E-state index in [0.29, 0.717) is 23.5 Å². The Morgan fingerprint density at radius 1 is 1.21 bits per heavy atom. The number of hydrogen-bond acceptors (Lipinski definition) is 6. The molecule has 4 aromatic rings. The van der Waals surface area contributed by atoms with Crippen LogP contribution in [-0.4, -0.2) is 30.8 Å². The smallest absolute Gasteiger partial charge is 0.275 e. The van der Waals surface area contributed by atoms with E-state index >= 15 is 0 Å². The molecular weight excluding hydrogens is 360 g/mol. The van der Waals surface area contributed by atoms with Gasteiger partial charge in [0.1, 0.15) is 5.69 Å². The Bertz CT molecular complexity index is 1190. The van der Waals surface area contributed by atoms with Crippen LogP contribution in [0, 0.1) is 13.8 Å². The van der Waals surface area contributed by atoms with Crippen molar-refractivity contribution < 1.29 is 9.42 Å². The van der Waals surface area contributed by atoms with E-state index in [2.05, 4.69) is 30.3 Å². The molecule has 9 heteroatoms. The highest BCUT2D eigenvalue weighted by Gasteiger charge is 2.21. The number of fused-ring (bicyclic) bond motifs is 1. The van der Waals surface area contributed by atoms with Crippen molar-refractivity contribution >= 4 is 11.6 Å². The number of aryl methyl sites for hydroxylation is 2. The summed E-state index contributed by atoms with van der Waals surface area (Å²) in [5.41, 5.74) is 3.17. The largest absolute Gasteiger partial charge is 0.343 e. The standard InChI is InChI=1S/C19H18N6O3/c1-11-8-16-20-14(10-17(26)25(16)22-11)9-15(13-6-4-3-5-7-13)21-19(27)18-12(2)23-28-24-18/h3-8,10,15,22H,9H2,1-2H3,(H,21,27). The number of hydrogen-bond donors (Lipinski definition) is 2. The minimum atomic E-state index is -0.404. The maximum atomic E-state index is 12.6. The lowest BCUT2D eigenvalue weighted by Crippen LogP contribution is -2.31. The summed E-state index contributed by atoms with van der Waals surface area (Å²) >= 11 is 0. The molecule has 0 aliphatic rings. The van der Waals surface area contributed by atoms with E-state index < -0.39 is 11.9 Å². The van der Waals surface area contributed by atoms with Gasteiger partial charge in [-0.1, -0.05) is 35.5 Å². The lowest BCUT2D eigenvalue weighted by atomic mass is 10.0. The summed E-state index contributed by atoms with van der Waals surface area (Å²) in [7, 11) is 0. The topological polar surface area (TPSA) is 118 Å². The highest BCUT2D eigenvalue weighted by Crippen LogP contribution is 2.18. The van der Waals surface area contributed by atoms with E-state index in [0.717, 1.165) is 11.3 Å². The van der Waals surface area contributed by atoms with Gasteiger partial charge in [0.2, 0.25) is 0 Å². The van der Waals surface area contributed by atoms with Crippen LogP contribution in [0.15, 0.2) is 51.9 Å². The molecule has 0 radical (unpaired) electrons. The fourth-order valence-corrected chi connectivity index (χ4v) is 3.08. The molecule has 1 atom stereocenters. The lowest BCUT2D eigenvalue weighted by Gasteiger charge is -2.18. The van der Waals surface area contributed by atoms with Crippen LogP contribution < -0.4 is 10.9 Å². The number of rotatable bonds is 5.